The fourth-order valence-corrected chi connectivity index (χ4v) is 1.11. The van der Waals surface area contributed by atoms with Crippen molar-refractivity contribution in [1.29, 1.82) is 0 Å². The SMILES string of the molecule is CC(OCc1c(C(=O)O)cnn1C)C(F)(F)F. The number of aryl methyl sites for hydroxylation is 1. The van der Waals surface area contributed by atoms with Gasteiger partial charge in [-0.25, -0.2) is 4.79 Å². The maximum absolute atomic E-state index is 12.2. The molecule has 17 heavy (non-hydrogen) atoms. The lowest BCUT2D eigenvalue weighted by atomic mass is 10.2. The molecule has 96 valence electrons. The first kappa shape index (κ1) is 13.5. The number of alkyl halides is 3. The summed E-state index contributed by atoms with van der Waals surface area (Å²) in [6.07, 6.45) is -5.36. The molecule has 1 atom stereocenters. The van der Waals surface area contributed by atoms with Crippen molar-refractivity contribution in [3.8, 4) is 0 Å². The molecule has 0 aliphatic heterocycles. The summed E-state index contributed by atoms with van der Waals surface area (Å²) in [6, 6.07) is 0. The van der Waals surface area contributed by atoms with Gasteiger partial charge in [-0.1, -0.05) is 0 Å². The number of hydrogen-bond donors (Lipinski definition) is 1. The molecule has 0 bridgehead atoms. The molecule has 0 radical (unpaired) electrons. The fourth-order valence-electron chi connectivity index (χ4n) is 1.11. The Morgan fingerprint density at radius 3 is 2.71 bits per heavy atom. The minimum Gasteiger partial charge on any atom is -0.478 e. The highest BCUT2D eigenvalue weighted by Gasteiger charge is 2.37. The molecular weight excluding hydrogens is 241 g/mol. The maximum Gasteiger partial charge on any atom is 0.414 e. The average Bonchev–Trinajstić information content (AvgIpc) is 2.54. The molecule has 0 amide bonds. The molecule has 0 fully saturated rings. The van der Waals surface area contributed by atoms with Crippen LogP contribution in [0.1, 0.15) is 23.0 Å². The number of hydrogen-bond acceptors (Lipinski definition) is 3. The van der Waals surface area contributed by atoms with Crippen LogP contribution in [-0.4, -0.2) is 33.1 Å². The Labute approximate surface area is 94.8 Å². The van der Waals surface area contributed by atoms with E-state index >= 15 is 0 Å². The van der Waals surface area contributed by atoms with E-state index in [4.69, 9.17) is 5.11 Å². The zero-order chi connectivity index (χ0) is 13.2. The normalized spacial score (nSPS) is 13.7. The molecule has 0 aliphatic rings. The minimum atomic E-state index is -4.47. The molecule has 1 N–H and O–H groups in total. The van der Waals surface area contributed by atoms with Crippen LogP contribution in [0.2, 0.25) is 0 Å². The Morgan fingerprint density at radius 1 is 1.65 bits per heavy atom. The summed E-state index contributed by atoms with van der Waals surface area (Å²) in [7, 11) is 1.43. The zero-order valence-electron chi connectivity index (χ0n) is 9.15. The maximum atomic E-state index is 12.2. The molecule has 0 saturated heterocycles. The van der Waals surface area contributed by atoms with Gasteiger partial charge in [-0.2, -0.15) is 18.3 Å². The number of carboxylic acid groups (broad SMARTS) is 1. The van der Waals surface area contributed by atoms with Crippen molar-refractivity contribution in [1.82, 2.24) is 9.78 Å². The van der Waals surface area contributed by atoms with Gasteiger partial charge in [0.05, 0.1) is 18.5 Å². The topological polar surface area (TPSA) is 64.3 Å². The van der Waals surface area contributed by atoms with Crippen molar-refractivity contribution >= 4 is 5.97 Å². The van der Waals surface area contributed by atoms with Gasteiger partial charge < -0.3 is 9.84 Å². The molecule has 8 heteroatoms. The van der Waals surface area contributed by atoms with Crippen LogP contribution in [0.3, 0.4) is 0 Å². The van der Waals surface area contributed by atoms with Crippen LogP contribution >= 0.6 is 0 Å². The van der Waals surface area contributed by atoms with Gasteiger partial charge in [0.25, 0.3) is 0 Å². The second-order valence-electron chi connectivity index (χ2n) is 3.43. The van der Waals surface area contributed by atoms with Crippen LogP contribution in [-0.2, 0) is 18.4 Å². The fraction of sp³-hybridized carbons (Fsp3) is 0.556. The van der Waals surface area contributed by atoms with Crippen molar-refractivity contribution in [2.45, 2.75) is 25.8 Å². The number of halogens is 3. The van der Waals surface area contributed by atoms with Gasteiger partial charge in [0, 0.05) is 7.05 Å². The molecule has 0 aromatic carbocycles. The van der Waals surface area contributed by atoms with Gasteiger partial charge in [0.15, 0.2) is 6.10 Å². The number of carboxylic acids is 1. The van der Waals surface area contributed by atoms with E-state index in [1.165, 1.54) is 11.7 Å². The Hall–Kier alpha value is -1.57. The van der Waals surface area contributed by atoms with E-state index in [1.54, 1.807) is 0 Å². The van der Waals surface area contributed by atoms with Gasteiger partial charge in [0.2, 0.25) is 0 Å². The van der Waals surface area contributed by atoms with E-state index < -0.39 is 24.9 Å². The molecule has 0 saturated carbocycles. The van der Waals surface area contributed by atoms with Crippen LogP contribution in [0.5, 0.6) is 0 Å². The Bertz CT molecular complexity index is 414. The minimum absolute atomic E-state index is 0.0913. The summed E-state index contributed by atoms with van der Waals surface area (Å²) in [4.78, 5) is 10.7. The number of rotatable bonds is 4. The van der Waals surface area contributed by atoms with Gasteiger partial charge in [0.1, 0.15) is 5.56 Å². The molecule has 0 aliphatic carbocycles. The van der Waals surface area contributed by atoms with Crippen molar-refractivity contribution in [2.75, 3.05) is 0 Å². The number of nitrogens with zero attached hydrogens (tertiary/aromatic N) is 2. The number of ether oxygens (including phenoxy) is 1. The summed E-state index contributed by atoms with van der Waals surface area (Å²) >= 11 is 0. The highest BCUT2D eigenvalue weighted by Crippen LogP contribution is 2.23. The van der Waals surface area contributed by atoms with Crippen LogP contribution in [0.15, 0.2) is 6.20 Å². The predicted octanol–water partition coefficient (Wildman–Crippen LogP) is 1.59. The molecule has 0 spiro atoms. The summed E-state index contributed by atoms with van der Waals surface area (Å²) in [5, 5.41) is 12.4. The smallest absolute Gasteiger partial charge is 0.414 e. The third-order valence-electron chi connectivity index (χ3n) is 2.22. The molecule has 1 unspecified atom stereocenters. The van der Waals surface area contributed by atoms with Crippen LogP contribution in [0, 0.1) is 0 Å². The molecule has 1 aromatic heterocycles. The highest BCUT2D eigenvalue weighted by atomic mass is 19.4. The van der Waals surface area contributed by atoms with Gasteiger partial charge in [-0.05, 0) is 6.92 Å². The van der Waals surface area contributed by atoms with Gasteiger partial charge >= 0.3 is 12.1 Å². The van der Waals surface area contributed by atoms with E-state index in [0.29, 0.717) is 0 Å². The summed E-state index contributed by atoms with van der Waals surface area (Å²) in [6.45, 7) is 0.398. The number of aromatic nitrogens is 2. The molecule has 1 aromatic rings. The lowest BCUT2D eigenvalue weighted by Crippen LogP contribution is -2.28. The van der Waals surface area contributed by atoms with Crippen molar-refractivity contribution in [3.05, 3.63) is 17.5 Å². The van der Waals surface area contributed by atoms with Crippen LogP contribution in [0.4, 0.5) is 13.2 Å². The van der Waals surface area contributed by atoms with Crippen molar-refractivity contribution in [3.63, 3.8) is 0 Å². The first-order valence-electron chi connectivity index (χ1n) is 4.66. The lowest BCUT2D eigenvalue weighted by molar-refractivity contribution is -0.217. The van der Waals surface area contributed by atoms with E-state index in [0.717, 1.165) is 13.1 Å². The summed E-state index contributed by atoms with van der Waals surface area (Å²) in [5.41, 5.74) is -0.0736. The lowest BCUT2D eigenvalue weighted by Gasteiger charge is -2.16. The van der Waals surface area contributed by atoms with E-state index in [9.17, 15) is 18.0 Å². The monoisotopic (exact) mass is 252 g/mol. The van der Waals surface area contributed by atoms with Crippen molar-refractivity contribution in [2.24, 2.45) is 7.05 Å². The van der Waals surface area contributed by atoms with E-state index in [2.05, 4.69) is 9.84 Å². The summed E-state index contributed by atoms with van der Waals surface area (Å²) < 4.78 is 42.3. The Kier molecular flexibility index (Phi) is 3.76. The largest absolute Gasteiger partial charge is 0.478 e. The molecule has 1 rings (SSSR count). The third-order valence-corrected chi connectivity index (χ3v) is 2.22. The zero-order valence-corrected chi connectivity index (χ0v) is 9.15. The second kappa shape index (κ2) is 4.74. The first-order chi connectivity index (χ1) is 7.73. The van der Waals surface area contributed by atoms with E-state index in [1.807, 2.05) is 0 Å². The Morgan fingerprint density at radius 2 is 2.24 bits per heavy atom. The quantitative estimate of drug-likeness (QED) is 0.883. The predicted molar refractivity (Wildman–Crippen MR) is 50.5 cm³/mol. The third kappa shape index (κ3) is 3.19. The van der Waals surface area contributed by atoms with Crippen LogP contribution in [0.25, 0.3) is 0 Å². The van der Waals surface area contributed by atoms with Gasteiger partial charge in [-0.15, -0.1) is 0 Å². The first-order valence-corrected chi connectivity index (χ1v) is 4.66. The highest BCUT2D eigenvalue weighted by molar-refractivity contribution is 5.88. The summed E-state index contributed by atoms with van der Waals surface area (Å²) in [5.74, 6) is -1.25. The second-order valence-corrected chi connectivity index (χ2v) is 3.43. The average molecular weight is 252 g/mol. The van der Waals surface area contributed by atoms with Crippen LogP contribution < -0.4 is 0 Å². The number of carbonyl (C=O) groups is 1. The van der Waals surface area contributed by atoms with Crippen molar-refractivity contribution < 1.29 is 27.8 Å². The molecule has 1 heterocycles. The van der Waals surface area contributed by atoms with Gasteiger partial charge in [-0.3, -0.25) is 4.68 Å². The molecule has 5 nitrogen and oxygen atoms in total. The molecular formula is C9H11F3N2O3. The Balaban J connectivity index is 2.76. The van der Waals surface area contributed by atoms with E-state index in [-0.39, 0.29) is 11.3 Å². The number of aromatic carboxylic acids is 1. The standard InChI is InChI=1S/C9H11F3N2O3/c1-5(9(10,11)12)17-4-7-6(8(15)16)3-13-14(7)2/h3,5H,4H2,1-2H3,(H,15,16).